The fourth-order valence-corrected chi connectivity index (χ4v) is 3.81. The van der Waals surface area contributed by atoms with Crippen molar-refractivity contribution in [3.8, 4) is 5.75 Å². The zero-order chi connectivity index (χ0) is 17.6. The summed E-state index contributed by atoms with van der Waals surface area (Å²) in [5.74, 6) is 0.958. The van der Waals surface area contributed by atoms with Crippen molar-refractivity contribution in [2.45, 2.75) is 45.3 Å². The van der Waals surface area contributed by atoms with Gasteiger partial charge in [-0.3, -0.25) is 9.88 Å². The quantitative estimate of drug-likeness (QED) is 0.842. The predicted octanol–water partition coefficient (Wildman–Crippen LogP) is 3.74. The first-order valence-corrected chi connectivity index (χ1v) is 9.33. The van der Waals surface area contributed by atoms with E-state index < -0.39 is 0 Å². The van der Waals surface area contributed by atoms with Crippen molar-refractivity contribution in [3.05, 3.63) is 59.9 Å². The minimum absolute atomic E-state index is 0.205. The summed E-state index contributed by atoms with van der Waals surface area (Å²) in [5, 5.41) is 14.0. The number of piperidine rings is 1. The van der Waals surface area contributed by atoms with Gasteiger partial charge in [-0.2, -0.15) is 0 Å². The normalized spacial score (nSPS) is 22.6. The molecule has 0 saturated carbocycles. The molecule has 1 aliphatic heterocycles. The number of phenolic OH excluding ortho intramolecular Hbond substituents is 1. The average Bonchev–Trinajstić information content (AvgIpc) is 2.63. The minimum Gasteiger partial charge on any atom is -0.508 e. The van der Waals surface area contributed by atoms with Gasteiger partial charge in [0.1, 0.15) is 5.75 Å². The van der Waals surface area contributed by atoms with Crippen molar-refractivity contribution >= 4 is 0 Å². The molecule has 1 aliphatic rings. The second-order valence-electron chi connectivity index (χ2n) is 7.11. The Kier molecular flexibility index (Phi) is 6.05. The Hall–Kier alpha value is -1.91. The molecule has 25 heavy (non-hydrogen) atoms. The molecular weight excluding hydrogens is 310 g/mol. The van der Waals surface area contributed by atoms with Crippen LogP contribution in [0.5, 0.6) is 5.75 Å². The van der Waals surface area contributed by atoms with E-state index in [-0.39, 0.29) is 6.04 Å². The number of para-hydroxylation sites is 1. The van der Waals surface area contributed by atoms with E-state index in [0.29, 0.717) is 17.7 Å². The number of rotatable bonds is 6. The summed E-state index contributed by atoms with van der Waals surface area (Å²) in [6.07, 6.45) is 3.96. The molecule has 2 N–H and O–H groups in total. The lowest BCUT2D eigenvalue weighted by Crippen LogP contribution is -2.48. The van der Waals surface area contributed by atoms with Crippen molar-refractivity contribution in [2.75, 3.05) is 13.1 Å². The first-order chi connectivity index (χ1) is 12.2. The highest BCUT2D eigenvalue weighted by molar-refractivity contribution is 5.34. The Bertz CT molecular complexity index is 661. The van der Waals surface area contributed by atoms with Crippen LogP contribution in [-0.4, -0.2) is 34.1 Å². The molecule has 2 heterocycles. The summed E-state index contributed by atoms with van der Waals surface area (Å²) in [5.41, 5.74) is 2.15. The number of aromatic nitrogens is 1. The average molecular weight is 339 g/mol. The third-order valence-corrected chi connectivity index (χ3v) is 5.24. The van der Waals surface area contributed by atoms with Gasteiger partial charge >= 0.3 is 0 Å². The summed E-state index contributed by atoms with van der Waals surface area (Å²) in [6.45, 7) is 7.57. The maximum Gasteiger partial charge on any atom is 0.120 e. The highest BCUT2D eigenvalue weighted by Crippen LogP contribution is 2.28. The first kappa shape index (κ1) is 17.9. The van der Waals surface area contributed by atoms with E-state index in [2.05, 4.69) is 41.2 Å². The molecule has 0 bridgehead atoms. The van der Waals surface area contributed by atoms with Crippen LogP contribution >= 0.6 is 0 Å². The molecule has 0 unspecified atom stereocenters. The van der Waals surface area contributed by atoms with Crippen LogP contribution in [0.25, 0.3) is 0 Å². The van der Waals surface area contributed by atoms with Crippen LogP contribution in [0.4, 0.5) is 0 Å². The smallest absolute Gasteiger partial charge is 0.120 e. The van der Waals surface area contributed by atoms with Crippen molar-refractivity contribution in [3.63, 3.8) is 0 Å². The fourth-order valence-electron chi connectivity index (χ4n) is 3.81. The van der Waals surface area contributed by atoms with Gasteiger partial charge in [-0.25, -0.2) is 0 Å². The van der Waals surface area contributed by atoms with Crippen LogP contribution < -0.4 is 5.32 Å². The van der Waals surface area contributed by atoms with Crippen LogP contribution in [0, 0.1) is 5.92 Å². The van der Waals surface area contributed by atoms with Gasteiger partial charge in [0.25, 0.3) is 0 Å². The van der Waals surface area contributed by atoms with Gasteiger partial charge in [0.15, 0.2) is 0 Å². The summed E-state index contributed by atoms with van der Waals surface area (Å²) in [6, 6.07) is 14.5. The number of nitrogens with one attached hydrogen (secondary N) is 1. The Morgan fingerprint density at radius 2 is 2.04 bits per heavy atom. The van der Waals surface area contributed by atoms with Gasteiger partial charge in [0, 0.05) is 43.5 Å². The van der Waals surface area contributed by atoms with E-state index >= 15 is 0 Å². The van der Waals surface area contributed by atoms with Gasteiger partial charge in [-0.1, -0.05) is 38.1 Å². The van der Waals surface area contributed by atoms with Gasteiger partial charge in [0.2, 0.25) is 0 Å². The highest BCUT2D eigenvalue weighted by atomic mass is 16.3. The molecule has 0 spiro atoms. The number of likely N-dealkylation sites (tertiary alicyclic amines) is 1. The van der Waals surface area contributed by atoms with Crippen LogP contribution in [-0.2, 0) is 6.54 Å². The van der Waals surface area contributed by atoms with Crippen molar-refractivity contribution in [1.82, 2.24) is 15.2 Å². The number of pyridine rings is 1. The van der Waals surface area contributed by atoms with E-state index in [1.165, 1.54) is 0 Å². The predicted molar refractivity (Wildman–Crippen MR) is 101 cm³/mol. The molecule has 3 rings (SSSR count). The highest BCUT2D eigenvalue weighted by Gasteiger charge is 2.28. The van der Waals surface area contributed by atoms with E-state index in [1.54, 1.807) is 6.07 Å². The fraction of sp³-hybridized carbons (Fsp3) is 0.476. The Balaban J connectivity index is 1.58. The molecule has 3 atom stereocenters. The molecule has 4 heteroatoms. The summed E-state index contributed by atoms with van der Waals surface area (Å²) < 4.78 is 0. The molecule has 0 aliphatic carbocycles. The van der Waals surface area contributed by atoms with Crippen molar-refractivity contribution in [2.24, 2.45) is 5.92 Å². The Morgan fingerprint density at radius 1 is 1.24 bits per heavy atom. The van der Waals surface area contributed by atoms with E-state index in [9.17, 15) is 5.11 Å². The third-order valence-electron chi connectivity index (χ3n) is 5.24. The van der Waals surface area contributed by atoms with E-state index in [4.69, 9.17) is 0 Å². The van der Waals surface area contributed by atoms with Crippen LogP contribution in [0.15, 0.2) is 48.7 Å². The molecule has 2 aromatic rings. The minimum atomic E-state index is 0.205. The van der Waals surface area contributed by atoms with Crippen LogP contribution in [0.1, 0.15) is 44.0 Å². The number of hydrogen-bond acceptors (Lipinski definition) is 4. The zero-order valence-electron chi connectivity index (χ0n) is 15.2. The largest absolute Gasteiger partial charge is 0.508 e. The lowest BCUT2D eigenvalue weighted by molar-refractivity contribution is 0.132. The number of hydrogen-bond donors (Lipinski definition) is 2. The number of benzene rings is 1. The molecule has 0 amide bonds. The molecule has 1 fully saturated rings. The van der Waals surface area contributed by atoms with Crippen LogP contribution in [0.2, 0.25) is 0 Å². The molecule has 0 radical (unpaired) electrons. The number of phenols is 1. The second kappa shape index (κ2) is 8.45. The van der Waals surface area contributed by atoms with Gasteiger partial charge < -0.3 is 10.4 Å². The maximum atomic E-state index is 10.2. The van der Waals surface area contributed by atoms with Gasteiger partial charge in [-0.05, 0) is 37.0 Å². The zero-order valence-corrected chi connectivity index (χ0v) is 15.2. The lowest BCUT2D eigenvalue weighted by Gasteiger charge is -2.39. The summed E-state index contributed by atoms with van der Waals surface area (Å²) in [4.78, 5) is 6.94. The summed E-state index contributed by atoms with van der Waals surface area (Å²) >= 11 is 0. The number of nitrogens with zero attached hydrogens (tertiary/aromatic N) is 2. The molecule has 1 aromatic heterocycles. The van der Waals surface area contributed by atoms with Crippen molar-refractivity contribution < 1.29 is 5.11 Å². The van der Waals surface area contributed by atoms with Crippen molar-refractivity contribution in [1.29, 1.82) is 0 Å². The summed E-state index contributed by atoms with van der Waals surface area (Å²) in [7, 11) is 0. The monoisotopic (exact) mass is 339 g/mol. The second-order valence-corrected chi connectivity index (χ2v) is 7.11. The Morgan fingerprint density at radius 3 is 2.72 bits per heavy atom. The van der Waals surface area contributed by atoms with E-state index in [1.807, 2.05) is 30.5 Å². The number of aromatic hydroxyl groups is 1. The standard InChI is InChI=1S/C21H29N3O/c1-3-19(18-9-4-5-10-21(18)25)23-20-11-13-24(14-16(20)2)15-17-8-6-7-12-22-17/h4-10,12,16,19-20,23,25H,3,11,13-15H2,1-2H3/t16-,19+,20-/m1/s1. The molecule has 4 nitrogen and oxygen atoms in total. The van der Waals surface area contributed by atoms with Crippen LogP contribution in [0.3, 0.4) is 0 Å². The van der Waals surface area contributed by atoms with Gasteiger partial charge in [0.05, 0.1) is 5.69 Å². The molecule has 1 aromatic carbocycles. The van der Waals surface area contributed by atoms with E-state index in [0.717, 1.165) is 43.7 Å². The topological polar surface area (TPSA) is 48.4 Å². The SMILES string of the molecule is CC[C@H](N[C@@H]1CCN(Cc2ccccn2)C[C@H]1C)c1ccccc1O. The maximum absolute atomic E-state index is 10.2. The molecule has 1 saturated heterocycles. The molecule has 134 valence electrons. The van der Waals surface area contributed by atoms with Gasteiger partial charge in [-0.15, -0.1) is 0 Å². The lowest BCUT2D eigenvalue weighted by atomic mass is 9.91. The first-order valence-electron chi connectivity index (χ1n) is 9.33. The third kappa shape index (κ3) is 4.59. The molecular formula is C21H29N3O. The Labute approximate surface area is 150 Å².